The number of aryl methyl sites for hydroxylation is 3. The topological polar surface area (TPSA) is 112 Å². The lowest BCUT2D eigenvalue weighted by Gasteiger charge is -2.39. The number of piperidine rings is 1. The quantitative estimate of drug-likeness (QED) is 0.196. The van der Waals surface area contributed by atoms with Crippen molar-refractivity contribution in [2.24, 2.45) is 4.99 Å². The van der Waals surface area contributed by atoms with Gasteiger partial charge in [-0.2, -0.15) is 0 Å². The number of aromatic nitrogens is 1. The van der Waals surface area contributed by atoms with Gasteiger partial charge in [-0.05, 0) is 88.4 Å². The maximum absolute atomic E-state index is 15.0. The Hall–Kier alpha value is -5.16. The van der Waals surface area contributed by atoms with E-state index in [9.17, 15) is 9.59 Å². The van der Waals surface area contributed by atoms with E-state index in [0.29, 0.717) is 77.5 Å². The molecule has 0 aliphatic carbocycles. The lowest BCUT2D eigenvalue weighted by Crippen LogP contribution is -2.55. The van der Waals surface area contributed by atoms with Gasteiger partial charge in [0.05, 0.1) is 23.9 Å². The zero-order chi connectivity index (χ0) is 37.2. The summed E-state index contributed by atoms with van der Waals surface area (Å²) in [6.07, 6.45) is 3.11. The third-order valence-electron chi connectivity index (χ3n) is 10.4. The summed E-state index contributed by atoms with van der Waals surface area (Å²) in [5.41, 5.74) is 5.11. The summed E-state index contributed by atoms with van der Waals surface area (Å²) in [5, 5.41) is 4.54. The highest BCUT2D eigenvalue weighted by Crippen LogP contribution is 2.45. The molecule has 3 aliphatic heterocycles. The number of likely N-dealkylation sites (tertiary alicyclic amines) is 1. The molecule has 4 amide bonds. The van der Waals surface area contributed by atoms with Gasteiger partial charge < -0.3 is 24.0 Å². The van der Waals surface area contributed by atoms with Crippen molar-refractivity contribution in [2.45, 2.75) is 59.0 Å². The van der Waals surface area contributed by atoms with E-state index < -0.39 is 12.1 Å². The number of piperazine rings is 1. The van der Waals surface area contributed by atoms with Gasteiger partial charge in [-0.1, -0.05) is 58.7 Å². The summed E-state index contributed by atoms with van der Waals surface area (Å²) in [6.45, 7) is 10.6. The van der Waals surface area contributed by atoms with Crippen LogP contribution in [0.5, 0.6) is 5.75 Å². The average Bonchev–Trinajstić information content (AvgIpc) is 3.74. The molecule has 2 fully saturated rings. The number of halogens is 1. The van der Waals surface area contributed by atoms with Gasteiger partial charge in [0.15, 0.2) is 0 Å². The molecule has 276 valence electrons. The van der Waals surface area contributed by atoms with Crippen LogP contribution in [0.1, 0.15) is 92.7 Å². The molecule has 0 radical (unpaired) electrons. The van der Waals surface area contributed by atoms with Crippen molar-refractivity contribution in [1.29, 1.82) is 0 Å². The Bertz CT molecular complexity index is 1990. The summed E-state index contributed by atoms with van der Waals surface area (Å²) in [4.78, 5) is 54.7. The second-order valence-electron chi connectivity index (χ2n) is 13.9. The van der Waals surface area contributed by atoms with E-state index in [1.54, 1.807) is 34.6 Å². The third-order valence-corrected chi connectivity index (χ3v) is 10.7. The monoisotopic (exact) mass is 736 g/mol. The van der Waals surface area contributed by atoms with Crippen LogP contribution in [0.25, 0.3) is 0 Å². The van der Waals surface area contributed by atoms with Gasteiger partial charge in [0.1, 0.15) is 29.0 Å². The van der Waals surface area contributed by atoms with Crippen LogP contribution >= 0.6 is 11.6 Å². The van der Waals surface area contributed by atoms with Gasteiger partial charge in [-0.3, -0.25) is 19.5 Å². The predicted molar refractivity (Wildman–Crippen MR) is 203 cm³/mol. The molecule has 1 aromatic heterocycles. The first kappa shape index (κ1) is 36.2. The average molecular weight is 737 g/mol. The molecule has 4 heterocycles. The van der Waals surface area contributed by atoms with Crippen LogP contribution in [0.4, 0.5) is 4.79 Å². The smallest absolute Gasteiger partial charge is 0.326 e. The normalized spacial score (nSPS) is 19.0. The van der Waals surface area contributed by atoms with E-state index in [4.69, 9.17) is 25.9 Å². The van der Waals surface area contributed by atoms with E-state index in [1.807, 2.05) is 55.1 Å². The first-order valence-electron chi connectivity index (χ1n) is 18.4. The largest absolute Gasteiger partial charge is 0.493 e. The highest BCUT2D eigenvalue weighted by molar-refractivity contribution is 6.30. The minimum Gasteiger partial charge on any atom is -0.493 e. The van der Waals surface area contributed by atoms with Gasteiger partial charge >= 0.3 is 6.03 Å². The molecule has 0 N–H and O–H groups in total. The molecular weight excluding hydrogens is 692 g/mol. The SMILES string of the molecule is CCOc1cc(C(=O)N2CCCCC2)ccc1C1=N[C@@H](c2ccc(C)cc2)[C@@H](c2ccc(Cl)cc2)N1C(=O)N1CCN(C(=O)c2c(C)noc2C)CC1. The highest BCUT2D eigenvalue weighted by atomic mass is 35.5. The number of carbonyl (C=O) groups excluding carboxylic acids is 3. The molecule has 0 bridgehead atoms. The minimum atomic E-state index is -0.524. The summed E-state index contributed by atoms with van der Waals surface area (Å²) in [6, 6.07) is 20.0. The Kier molecular flexibility index (Phi) is 10.5. The highest BCUT2D eigenvalue weighted by Gasteiger charge is 2.45. The Morgan fingerprint density at radius 1 is 0.792 bits per heavy atom. The molecule has 4 aromatic rings. The number of hydrogen-bond donors (Lipinski definition) is 0. The number of aliphatic imine (C=N–C) groups is 1. The molecule has 2 saturated heterocycles. The molecule has 11 nitrogen and oxygen atoms in total. The molecule has 12 heteroatoms. The van der Waals surface area contributed by atoms with Crippen molar-refractivity contribution in [3.8, 4) is 5.75 Å². The second kappa shape index (κ2) is 15.4. The van der Waals surface area contributed by atoms with Crippen molar-refractivity contribution in [3.05, 3.63) is 117 Å². The van der Waals surface area contributed by atoms with Gasteiger partial charge in [0.2, 0.25) is 0 Å². The number of amidine groups is 1. The molecule has 3 aromatic carbocycles. The van der Waals surface area contributed by atoms with Gasteiger partial charge in [0, 0.05) is 49.9 Å². The van der Waals surface area contributed by atoms with Gasteiger partial charge in [-0.25, -0.2) is 4.79 Å². The van der Waals surface area contributed by atoms with Crippen LogP contribution < -0.4 is 4.74 Å². The van der Waals surface area contributed by atoms with Crippen molar-refractivity contribution >= 4 is 35.3 Å². The number of ether oxygens (including phenoxy) is 1. The Morgan fingerprint density at radius 3 is 2.08 bits per heavy atom. The molecular formula is C41H45ClN6O5. The number of rotatable bonds is 7. The second-order valence-corrected chi connectivity index (χ2v) is 14.4. The fraction of sp³-hybridized carbons (Fsp3) is 0.390. The van der Waals surface area contributed by atoms with Crippen LogP contribution in [-0.2, 0) is 0 Å². The standard InChI is InChI=1S/C41H45ClN6O5/c1-5-52-34-25-31(39(49)45-19-7-6-8-20-45)15-18-33(34)38-43-36(29-11-9-26(2)10-12-29)37(30-13-16-32(42)17-14-30)48(38)41(51)47-23-21-46(22-24-47)40(50)35-27(3)44-53-28(35)4/h9-18,25,36-37H,5-8,19-24H2,1-4H3/t36-,37+/m0/s1. The molecule has 0 unspecified atom stereocenters. The summed E-state index contributed by atoms with van der Waals surface area (Å²) < 4.78 is 11.5. The minimum absolute atomic E-state index is 0.0286. The van der Waals surface area contributed by atoms with Crippen molar-refractivity contribution < 1.29 is 23.6 Å². The zero-order valence-electron chi connectivity index (χ0n) is 30.7. The zero-order valence-corrected chi connectivity index (χ0v) is 31.4. The van der Waals surface area contributed by atoms with Crippen LogP contribution in [0, 0.1) is 20.8 Å². The van der Waals surface area contributed by atoms with E-state index in [-0.39, 0.29) is 17.8 Å². The van der Waals surface area contributed by atoms with E-state index >= 15 is 4.79 Å². The van der Waals surface area contributed by atoms with Crippen molar-refractivity contribution in [1.82, 2.24) is 24.8 Å². The van der Waals surface area contributed by atoms with E-state index in [1.165, 1.54) is 0 Å². The van der Waals surface area contributed by atoms with Gasteiger partial charge in [0.25, 0.3) is 11.8 Å². The molecule has 7 rings (SSSR count). The maximum atomic E-state index is 15.0. The van der Waals surface area contributed by atoms with Crippen LogP contribution in [0.3, 0.4) is 0 Å². The number of hydrogen-bond acceptors (Lipinski definition) is 7. The van der Waals surface area contributed by atoms with Crippen LogP contribution in [0.2, 0.25) is 5.02 Å². The lowest BCUT2D eigenvalue weighted by molar-refractivity contribution is 0.0644. The number of urea groups is 1. The fourth-order valence-corrected chi connectivity index (χ4v) is 7.68. The first-order chi connectivity index (χ1) is 25.6. The summed E-state index contributed by atoms with van der Waals surface area (Å²) in [7, 11) is 0. The van der Waals surface area contributed by atoms with Crippen LogP contribution in [-0.4, -0.2) is 94.3 Å². The molecule has 0 saturated carbocycles. The number of amides is 4. The van der Waals surface area contributed by atoms with Gasteiger partial charge in [-0.15, -0.1) is 0 Å². The van der Waals surface area contributed by atoms with E-state index in [2.05, 4.69) is 29.4 Å². The number of carbonyl (C=O) groups is 3. The fourth-order valence-electron chi connectivity index (χ4n) is 7.55. The molecule has 3 aliphatic rings. The summed E-state index contributed by atoms with van der Waals surface area (Å²) >= 11 is 6.38. The molecule has 2 atom stereocenters. The third kappa shape index (κ3) is 7.27. The van der Waals surface area contributed by atoms with E-state index in [0.717, 1.165) is 49.0 Å². The first-order valence-corrected chi connectivity index (χ1v) is 18.8. The Labute approximate surface area is 315 Å². The number of nitrogens with zero attached hydrogens (tertiary/aromatic N) is 6. The summed E-state index contributed by atoms with van der Waals surface area (Å²) in [5.74, 6) is 1.23. The molecule has 53 heavy (non-hydrogen) atoms. The molecule has 0 spiro atoms. The predicted octanol–water partition coefficient (Wildman–Crippen LogP) is 7.40. The Balaban J connectivity index is 1.28. The van der Waals surface area contributed by atoms with Crippen molar-refractivity contribution in [3.63, 3.8) is 0 Å². The maximum Gasteiger partial charge on any atom is 0.326 e. The van der Waals surface area contributed by atoms with Crippen LogP contribution in [0.15, 0.2) is 76.2 Å². The number of benzene rings is 3. The van der Waals surface area contributed by atoms with Crippen molar-refractivity contribution in [2.75, 3.05) is 45.9 Å². The lowest BCUT2D eigenvalue weighted by atomic mass is 9.93. The Morgan fingerprint density at radius 2 is 1.43 bits per heavy atom.